The average molecular weight is 272 g/mol. The first-order valence-electron chi connectivity index (χ1n) is 7.65. The molecule has 0 aliphatic carbocycles. The number of rotatable bonds is 6. The lowest BCUT2D eigenvalue weighted by Crippen LogP contribution is -2.36. The van der Waals surface area contributed by atoms with E-state index in [1.807, 2.05) is 18.2 Å². The summed E-state index contributed by atoms with van der Waals surface area (Å²) in [5, 5.41) is 8.98. The van der Waals surface area contributed by atoms with Crippen LogP contribution < -0.4 is 0 Å². The molecule has 2 rings (SSSR count). The second-order valence-corrected chi connectivity index (χ2v) is 5.54. The van der Waals surface area contributed by atoms with Crippen LogP contribution in [0.2, 0.25) is 0 Å². The van der Waals surface area contributed by atoms with E-state index in [0.29, 0.717) is 6.10 Å². The van der Waals surface area contributed by atoms with Crippen LogP contribution in [0.25, 0.3) is 0 Å². The normalized spacial score (nSPS) is 18.9. The number of nitriles is 1. The first-order chi connectivity index (χ1) is 9.81. The summed E-state index contributed by atoms with van der Waals surface area (Å²) >= 11 is 0. The highest BCUT2D eigenvalue weighted by molar-refractivity contribution is 5.32. The maximum atomic E-state index is 8.98. The Morgan fingerprint density at radius 2 is 2.30 bits per heavy atom. The van der Waals surface area contributed by atoms with Crippen molar-refractivity contribution in [2.75, 3.05) is 19.7 Å². The van der Waals surface area contributed by atoms with Gasteiger partial charge in [-0.25, -0.2) is 0 Å². The molecule has 0 aromatic heterocycles. The highest BCUT2D eigenvalue weighted by Gasteiger charge is 2.17. The fourth-order valence-corrected chi connectivity index (χ4v) is 2.79. The van der Waals surface area contributed by atoms with Crippen LogP contribution in [-0.4, -0.2) is 30.7 Å². The molecule has 0 radical (unpaired) electrons. The van der Waals surface area contributed by atoms with Crippen molar-refractivity contribution >= 4 is 0 Å². The van der Waals surface area contributed by atoms with Crippen LogP contribution in [0.5, 0.6) is 0 Å². The number of hydrogen-bond donors (Lipinski definition) is 0. The van der Waals surface area contributed by atoms with E-state index in [9.17, 15) is 0 Å². The van der Waals surface area contributed by atoms with Gasteiger partial charge in [-0.1, -0.05) is 19.1 Å². The first-order valence-corrected chi connectivity index (χ1v) is 7.65. The van der Waals surface area contributed by atoms with Crippen molar-refractivity contribution in [3.63, 3.8) is 0 Å². The highest BCUT2D eigenvalue weighted by atomic mass is 16.5. The summed E-state index contributed by atoms with van der Waals surface area (Å²) < 4.78 is 5.84. The zero-order chi connectivity index (χ0) is 14.2. The zero-order valence-corrected chi connectivity index (χ0v) is 12.3. The van der Waals surface area contributed by atoms with Crippen molar-refractivity contribution in [3.05, 3.63) is 35.4 Å². The summed E-state index contributed by atoms with van der Waals surface area (Å²) in [6, 6.07) is 10.1. The number of ether oxygens (including phenoxy) is 1. The van der Waals surface area contributed by atoms with Crippen LogP contribution in [0, 0.1) is 11.3 Å². The van der Waals surface area contributed by atoms with E-state index >= 15 is 0 Å². The Hall–Kier alpha value is -1.37. The van der Waals surface area contributed by atoms with E-state index in [1.165, 1.54) is 24.8 Å². The molecule has 1 aliphatic rings. The monoisotopic (exact) mass is 272 g/mol. The molecule has 0 saturated carbocycles. The smallest absolute Gasteiger partial charge is 0.0991 e. The lowest BCUT2D eigenvalue weighted by molar-refractivity contribution is -0.00713. The van der Waals surface area contributed by atoms with Crippen LogP contribution in [0.15, 0.2) is 24.3 Å². The first kappa shape index (κ1) is 15.0. The van der Waals surface area contributed by atoms with Gasteiger partial charge in [0.2, 0.25) is 0 Å². The molecule has 3 heteroatoms. The molecule has 1 atom stereocenters. The summed E-state index contributed by atoms with van der Waals surface area (Å²) in [4.78, 5) is 2.45. The maximum Gasteiger partial charge on any atom is 0.0991 e. The minimum absolute atomic E-state index is 0.384. The van der Waals surface area contributed by atoms with Crippen LogP contribution in [0.1, 0.15) is 43.7 Å². The van der Waals surface area contributed by atoms with Gasteiger partial charge < -0.3 is 4.74 Å². The minimum atomic E-state index is 0.384. The molecule has 0 spiro atoms. The molecule has 1 fully saturated rings. The van der Waals surface area contributed by atoms with Gasteiger partial charge in [0, 0.05) is 19.7 Å². The highest BCUT2D eigenvalue weighted by Crippen LogP contribution is 2.16. The standard InChI is InChI=1S/C17H24N2O/c1-2-9-19(14-17-8-3-4-10-20-17)13-16-7-5-6-15(11-16)12-18/h5-7,11,17H,2-4,8-10,13-14H2,1H3. The molecule has 1 heterocycles. The van der Waals surface area contributed by atoms with Crippen LogP contribution in [0.4, 0.5) is 0 Å². The number of benzene rings is 1. The second-order valence-electron chi connectivity index (χ2n) is 5.54. The van der Waals surface area contributed by atoms with Gasteiger partial charge in [0.1, 0.15) is 0 Å². The van der Waals surface area contributed by atoms with Crippen molar-refractivity contribution in [2.45, 2.75) is 45.3 Å². The summed E-state index contributed by atoms with van der Waals surface area (Å²) in [7, 11) is 0. The van der Waals surface area contributed by atoms with Gasteiger partial charge in [0.15, 0.2) is 0 Å². The van der Waals surface area contributed by atoms with E-state index in [1.54, 1.807) is 0 Å². The molecule has 1 aromatic rings. The zero-order valence-electron chi connectivity index (χ0n) is 12.3. The van der Waals surface area contributed by atoms with Crippen LogP contribution >= 0.6 is 0 Å². The van der Waals surface area contributed by atoms with E-state index in [4.69, 9.17) is 10.00 Å². The van der Waals surface area contributed by atoms with E-state index < -0.39 is 0 Å². The molecule has 1 aliphatic heterocycles. The quantitative estimate of drug-likeness (QED) is 0.797. The summed E-state index contributed by atoms with van der Waals surface area (Å²) in [6.45, 7) is 6.11. The molecular weight excluding hydrogens is 248 g/mol. The Morgan fingerprint density at radius 3 is 3.00 bits per heavy atom. The third-order valence-electron chi connectivity index (χ3n) is 3.74. The fourth-order valence-electron chi connectivity index (χ4n) is 2.79. The van der Waals surface area contributed by atoms with Gasteiger partial charge in [-0.3, -0.25) is 4.90 Å². The van der Waals surface area contributed by atoms with Crippen molar-refractivity contribution in [1.29, 1.82) is 5.26 Å². The van der Waals surface area contributed by atoms with E-state index in [-0.39, 0.29) is 0 Å². The topological polar surface area (TPSA) is 36.3 Å². The Bertz CT molecular complexity index is 447. The van der Waals surface area contributed by atoms with Gasteiger partial charge in [-0.2, -0.15) is 5.26 Å². The third-order valence-corrected chi connectivity index (χ3v) is 3.74. The van der Waals surface area contributed by atoms with E-state index in [2.05, 4.69) is 24.0 Å². The third kappa shape index (κ3) is 4.63. The van der Waals surface area contributed by atoms with Crippen molar-refractivity contribution < 1.29 is 4.74 Å². The summed E-state index contributed by atoms with van der Waals surface area (Å²) in [5.41, 5.74) is 1.96. The van der Waals surface area contributed by atoms with Crippen molar-refractivity contribution in [1.82, 2.24) is 4.90 Å². The Balaban J connectivity index is 1.95. The lowest BCUT2D eigenvalue weighted by atomic mass is 10.1. The Labute approximate surface area is 122 Å². The molecule has 0 N–H and O–H groups in total. The van der Waals surface area contributed by atoms with E-state index in [0.717, 1.165) is 38.2 Å². The van der Waals surface area contributed by atoms with Gasteiger partial charge in [-0.05, 0) is 49.9 Å². The predicted molar refractivity (Wildman–Crippen MR) is 80.3 cm³/mol. The van der Waals surface area contributed by atoms with Crippen LogP contribution in [-0.2, 0) is 11.3 Å². The predicted octanol–water partition coefficient (Wildman–Crippen LogP) is 3.34. The molecule has 0 amide bonds. The molecule has 108 valence electrons. The summed E-state index contributed by atoms with van der Waals surface area (Å²) in [6.07, 6.45) is 5.20. The molecule has 1 aromatic carbocycles. The average Bonchev–Trinajstić information content (AvgIpc) is 2.49. The van der Waals surface area contributed by atoms with Gasteiger partial charge >= 0.3 is 0 Å². The molecule has 1 saturated heterocycles. The van der Waals surface area contributed by atoms with Crippen LogP contribution in [0.3, 0.4) is 0 Å². The number of hydrogen-bond acceptors (Lipinski definition) is 3. The van der Waals surface area contributed by atoms with Gasteiger partial charge in [0.05, 0.1) is 17.7 Å². The van der Waals surface area contributed by atoms with Gasteiger partial charge in [0.25, 0.3) is 0 Å². The molecular formula is C17H24N2O. The molecule has 0 bridgehead atoms. The largest absolute Gasteiger partial charge is 0.377 e. The second kappa shape index (κ2) is 8.04. The molecule has 1 unspecified atom stereocenters. The molecule has 20 heavy (non-hydrogen) atoms. The Kier molecular flexibility index (Phi) is 6.04. The fraction of sp³-hybridized carbons (Fsp3) is 0.588. The maximum absolute atomic E-state index is 8.98. The molecule has 3 nitrogen and oxygen atoms in total. The number of nitrogens with zero attached hydrogens (tertiary/aromatic N) is 2. The Morgan fingerprint density at radius 1 is 1.40 bits per heavy atom. The van der Waals surface area contributed by atoms with Crippen molar-refractivity contribution in [2.24, 2.45) is 0 Å². The lowest BCUT2D eigenvalue weighted by Gasteiger charge is -2.29. The SMILES string of the molecule is CCCN(Cc1cccc(C#N)c1)CC1CCCCO1. The van der Waals surface area contributed by atoms with Crippen molar-refractivity contribution in [3.8, 4) is 6.07 Å². The van der Waals surface area contributed by atoms with Gasteiger partial charge in [-0.15, -0.1) is 0 Å². The minimum Gasteiger partial charge on any atom is -0.377 e. The summed E-state index contributed by atoms with van der Waals surface area (Å²) in [5.74, 6) is 0.